The number of halogens is 2. The molecule has 1 atom stereocenters. The summed E-state index contributed by atoms with van der Waals surface area (Å²) in [6.45, 7) is 4.78. The molecule has 0 bridgehead atoms. The van der Waals surface area contributed by atoms with Gasteiger partial charge in [0.15, 0.2) is 4.80 Å². The van der Waals surface area contributed by atoms with E-state index in [0.29, 0.717) is 21.8 Å². The van der Waals surface area contributed by atoms with Gasteiger partial charge in [0.2, 0.25) is 0 Å². The maximum Gasteiger partial charge on any atom is 0.338 e. The predicted octanol–water partition coefficient (Wildman–Crippen LogP) is 3.52. The number of fused-ring (bicyclic) bond motifs is 1. The number of ether oxygens (including phenoxy) is 2. The van der Waals surface area contributed by atoms with Crippen molar-refractivity contribution >= 4 is 41.0 Å². The number of nitrogens with zero attached hydrogens (tertiary/aromatic N) is 2. The molecule has 2 aromatic carbocycles. The Morgan fingerprint density at radius 3 is 2.57 bits per heavy atom. The molecule has 0 saturated heterocycles. The fourth-order valence-electron chi connectivity index (χ4n) is 3.77. The molecule has 1 aromatic heterocycles. The third kappa shape index (κ3) is 4.82. The lowest BCUT2D eigenvalue weighted by molar-refractivity contribution is -0.139. The zero-order valence-electron chi connectivity index (χ0n) is 19.0. The quantitative estimate of drug-likeness (QED) is 0.384. The van der Waals surface area contributed by atoms with Crippen LogP contribution in [0, 0.1) is 5.82 Å². The minimum atomic E-state index is -0.852. The van der Waals surface area contributed by atoms with Gasteiger partial charge in [-0.05, 0) is 49.8 Å². The molecule has 7 nitrogen and oxygen atoms in total. The zero-order valence-corrected chi connectivity index (χ0v) is 20.6. The molecule has 3 aromatic rings. The average Bonchev–Trinajstić information content (AvgIpc) is 3.10. The smallest absolute Gasteiger partial charge is 0.338 e. The Balaban J connectivity index is 1.94. The molecular weight excluding hydrogens is 495 g/mol. The number of hydrogen-bond donors (Lipinski definition) is 0. The number of carbonyl (C=O) groups is 2. The number of carbonyl (C=O) groups excluding carboxylic acids is 2. The van der Waals surface area contributed by atoms with Gasteiger partial charge in [0.25, 0.3) is 5.56 Å². The molecule has 10 heteroatoms. The first kappa shape index (κ1) is 24.6. The number of esters is 2. The monoisotopic (exact) mass is 514 g/mol. The standard InChI is InChI=1S/C25H20ClFN2O5S/c1-4-33-24(32)21-13(2)28-25-29(22(21)15-8-10-16(11-9-15)34-14(3)30)23(31)20(35-25)12-17-18(26)6-5-7-19(17)27/h5-12,22H,4H2,1-3H3/b20-12-. The zero-order chi connectivity index (χ0) is 25.3. The first-order valence-electron chi connectivity index (χ1n) is 10.6. The third-order valence-corrected chi connectivity index (χ3v) is 6.56. The van der Waals surface area contributed by atoms with Crippen LogP contribution in [0.1, 0.15) is 37.9 Å². The van der Waals surface area contributed by atoms with Crippen LogP contribution in [0.15, 0.2) is 63.5 Å². The normalized spacial score (nSPS) is 15.5. The summed E-state index contributed by atoms with van der Waals surface area (Å²) in [4.78, 5) is 42.6. The van der Waals surface area contributed by atoms with Crippen LogP contribution in [-0.2, 0) is 14.3 Å². The van der Waals surface area contributed by atoms with Crippen LogP contribution in [0.25, 0.3) is 6.08 Å². The summed E-state index contributed by atoms with van der Waals surface area (Å²) in [5, 5.41) is 0.164. The second-order valence-corrected chi connectivity index (χ2v) is 9.02. The van der Waals surface area contributed by atoms with Crippen LogP contribution in [0.4, 0.5) is 4.39 Å². The highest BCUT2D eigenvalue weighted by Crippen LogP contribution is 2.31. The number of aromatic nitrogens is 1. The SMILES string of the molecule is CCOC(=O)C1=C(C)N=c2s/c(=C\c3c(F)cccc3Cl)c(=O)n2C1c1ccc(OC(C)=O)cc1. The lowest BCUT2D eigenvalue weighted by atomic mass is 9.96. The summed E-state index contributed by atoms with van der Waals surface area (Å²) in [5.74, 6) is -1.32. The molecule has 1 unspecified atom stereocenters. The van der Waals surface area contributed by atoms with Gasteiger partial charge >= 0.3 is 11.9 Å². The maximum absolute atomic E-state index is 14.4. The molecule has 0 amide bonds. The van der Waals surface area contributed by atoms with Crippen molar-refractivity contribution in [3.05, 3.63) is 95.4 Å². The van der Waals surface area contributed by atoms with Crippen molar-refractivity contribution in [1.29, 1.82) is 0 Å². The number of hydrogen-bond acceptors (Lipinski definition) is 7. The highest BCUT2D eigenvalue weighted by Gasteiger charge is 2.33. The Kier molecular flexibility index (Phi) is 7.00. The molecule has 0 radical (unpaired) electrons. The molecular formula is C25H20ClFN2O5S. The number of benzene rings is 2. The summed E-state index contributed by atoms with van der Waals surface area (Å²) in [6, 6.07) is 9.88. The van der Waals surface area contributed by atoms with Gasteiger partial charge in [-0.3, -0.25) is 14.2 Å². The van der Waals surface area contributed by atoms with Crippen LogP contribution >= 0.6 is 22.9 Å². The van der Waals surface area contributed by atoms with Crippen LogP contribution in [0.3, 0.4) is 0 Å². The first-order chi connectivity index (χ1) is 16.7. The van der Waals surface area contributed by atoms with Crippen LogP contribution in [0.2, 0.25) is 5.02 Å². The summed E-state index contributed by atoms with van der Waals surface area (Å²) in [7, 11) is 0. The van der Waals surface area contributed by atoms with Crippen molar-refractivity contribution in [1.82, 2.24) is 4.57 Å². The number of rotatable bonds is 5. The summed E-state index contributed by atoms with van der Waals surface area (Å²) < 4.78 is 26.3. The molecule has 0 N–H and O–H groups in total. The predicted molar refractivity (Wildman–Crippen MR) is 130 cm³/mol. The fraction of sp³-hybridized carbons (Fsp3) is 0.200. The van der Waals surface area contributed by atoms with Gasteiger partial charge in [-0.2, -0.15) is 0 Å². The minimum absolute atomic E-state index is 0.0862. The van der Waals surface area contributed by atoms with Crippen molar-refractivity contribution in [3.63, 3.8) is 0 Å². The van der Waals surface area contributed by atoms with Gasteiger partial charge in [0.05, 0.1) is 33.5 Å². The Hall–Kier alpha value is -3.56. The van der Waals surface area contributed by atoms with E-state index in [2.05, 4.69) is 4.99 Å². The van der Waals surface area contributed by atoms with E-state index in [4.69, 9.17) is 21.1 Å². The van der Waals surface area contributed by atoms with E-state index < -0.39 is 29.4 Å². The minimum Gasteiger partial charge on any atom is -0.463 e. The van der Waals surface area contributed by atoms with E-state index in [1.54, 1.807) is 38.1 Å². The van der Waals surface area contributed by atoms with E-state index in [1.807, 2.05) is 0 Å². The summed E-state index contributed by atoms with van der Waals surface area (Å²) in [5.41, 5.74) is 0.804. The van der Waals surface area contributed by atoms with Gasteiger partial charge in [-0.25, -0.2) is 14.2 Å². The van der Waals surface area contributed by atoms with E-state index >= 15 is 0 Å². The fourth-order valence-corrected chi connectivity index (χ4v) is 5.02. The summed E-state index contributed by atoms with van der Waals surface area (Å²) >= 11 is 7.21. The Bertz CT molecular complexity index is 1520. The Labute approximate surface area is 208 Å². The number of thiazole rings is 1. The molecule has 2 heterocycles. The van der Waals surface area contributed by atoms with E-state index in [9.17, 15) is 18.8 Å². The molecule has 35 heavy (non-hydrogen) atoms. The summed E-state index contributed by atoms with van der Waals surface area (Å²) in [6.07, 6.45) is 1.38. The molecule has 0 fully saturated rings. The molecule has 1 aliphatic rings. The van der Waals surface area contributed by atoms with Crippen molar-refractivity contribution in [3.8, 4) is 5.75 Å². The second kappa shape index (κ2) is 9.97. The lowest BCUT2D eigenvalue weighted by Crippen LogP contribution is -2.39. The molecule has 0 saturated carbocycles. The highest BCUT2D eigenvalue weighted by atomic mass is 35.5. The largest absolute Gasteiger partial charge is 0.463 e. The van der Waals surface area contributed by atoms with Gasteiger partial charge < -0.3 is 9.47 Å². The first-order valence-corrected chi connectivity index (χ1v) is 11.8. The second-order valence-electron chi connectivity index (χ2n) is 7.60. The maximum atomic E-state index is 14.4. The Morgan fingerprint density at radius 2 is 1.94 bits per heavy atom. The molecule has 180 valence electrons. The number of allylic oxidation sites excluding steroid dienone is 1. The van der Waals surface area contributed by atoms with E-state index in [1.165, 1.54) is 35.8 Å². The van der Waals surface area contributed by atoms with E-state index in [0.717, 1.165) is 11.3 Å². The Morgan fingerprint density at radius 1 is 1.23 bits per heavy atom. The van der Waals surface area contributed by atoms with Gasteiger partial charge in [-0.1, -0.05) is 41.1 Å². The van der Waals surface area contributed by atoms with Crippen molar-refractivity contribution < 1.29 is 23.5 Å². The van der Waals surface area contributed by atoms with E-state index in [-0.39, 0.29) is 27.3 Å². The van der Waals surface area contributed by atoms with Crippen molar-refractivity contribution in [2.24, 2.45) is 4.99 Å². The molecule has 0 aliphatic carbocycles. The van der Waals surface area contributed by atoms with Gasteiger partial charge in [-0.15, -0.1) is 0 Å². The van der Waals surface area contributed by atoms with Gasteiger partial charge in [0, 0.05) is 12.5 Å². The van der Waals surface area contributed by atoms with Crippen LogP contribution in [-0.4, -0.2) is 23.1 Å². The molecule has 4 rings (SSSR count). The van der Waals surface area contributed by atoms with Crippen LogP contribution < -0.4 is 19.6 Å². The lowest BCUT2D eigenvalue weighted by Gasteiger charge is -2.24. The van der Waals surface area contributed by atoms with Crippen LogP contribution in [0.5, 0.6) is 5.75 Å². The van der Waals surface area contributed by atoms with Crippen molar-refractivity contribution in [2.75, 3.05) is 6.61 Å². The highest BCUT2D eigenvalue weighted by molar-refractivity contribution is 7.07. The van der Waals surface area contributed by atoms with Gasteiger partial charge in [0.1, 0.15) is 11.6 Å². The molecule has 0 spiro atoms. The van der Waals surface area contributed by atoms with Crippen molar-refractivity contribution in [2.45, 2.75) is 26.8 Å². The third-order valence-electron chi connectivity index (χ3n) is 5.25. The molecule has 1 aliphatic heterocycles. The topological polar surface area (TPSA) is 87.0 Å². The average molecular weight is 515 g/mol.